The van der Waals surface area contributed by atoms with E-state index in [-0.39, 0.29) is 42.6 Å². The molecule has 0 saturated carbocycles. The normalized spacial score (nSPS) is 12.8. The lowest BCUT2D eigenvalue weighted by molar-refractivity contribution is -0.122. The van der Waals surface area contributed by atoms with Gasteiger partial charge in [0.05, 0.1) is 4.47 Å². The molecule has 0 fully saturated rings. The van der Waals surface area contributed by atoms with Crippen LogP contribution in [0.3, 0.4) is 0 Å². The topological polar surface area (TPSA) is 55.1 Å². The van der Waals surface area contributed by atoms with Crippen LogP contribution in [0, 0.1) is 5.82 Å². The summed E-state index contributed by atoms with van der Waals surface area (Å²) in [5.74, 6) is -0.380. The van der Waals surface area contributed by atoms with Crippen LogP contribution >= 0.6 is 28.3 Å². The molecule has 24 heavy (non-hydrogen) atoms. The first-order valence-corrected chi connectivity index (χ1v) is 8.29. The first kappa shape index (κ1) is 20.6. The van der Waals surface area contributed by atoms with E-state index in [9.17, 15) is 9.18 Å². The number of carbonyl (C=O) groups is 1. The lowest BCUT2D eigenvalue weighted by Gasteiger charge is -2.17. The van der Waals surface area contributed by atoms with Crippen molar-refractivity contribution >= 4 is 34.2 Å². The van der Waals surface area contributed by atoms with Crippen molar-refractivity contribution in [3.05, 3.63) is 69.9 Å². The molecule has 130 valence electrons. The van der Waals surface area contributed by atoms with Gasteiger partial charge in [-0.15, -0.1) is 12.4 Å². The summed E-state index contributed by atoms with van der Waals surface area (Å²) in [5, 5.41) is 2.94. The fourth-order valence-corrected chi connectivity index (χ4v) is 2.85. The van der Waals surface area contributed by atoms with Crippen LogP contribution in [0.2, 0.25) is 0 Å². The number of benzene rings is 2. The summed E-state index contributed by atoms with van der Waals surface area (Å²) < 4.78 is 13.7. The van der Waals surface area contributed by atoms with E-state index >= 15 is 0 Å². The van der Waals surface area contributed by atoms with Crippen molar-refractivity contribution in [3.8, 4) is 0 Å². The van der Waals surface area contributed by atoms with Crippen LogP contribution in [0.1, 0.15) is 30.5 Å². The van der Waals surface area contributed by atoms with Crippen molar-refractivity contribution in [1.29, 1.82) is 0 Å². The molecule has 0 aliphatic heterocycles. The molecule has 1 amide bonds. The van der Waals surface area contributed by atoms with Crippen molar-refractivity contribution in [2.45, 2.75) is 31.8 Å². The number of nitrogens with one attached hydrogen (secondary N) is 1. The molecule has 0 aliphatic carbocycles. The molecule has 0 spiro atoms. The molecule has 0 saturated heterocycles. The Morgan fingerprint density at radius 3 is 2.54 bits per heavy atom. The van der Waals surface area contributed by atoms with Crippen LogP contribution < -0.4 is 11.1 Å². The third kappa shape index (κ3) is 6.23. The van der Waals surface area contributed by atoms with E-state index in [4.69, 9.17) is 5.73 Å². The van der Waals surface area contributed by atoms with Gasteiger partial charge in [0.25, 0.3) is 0 Å². The number of hydrogen-bond acceptors (Lipinski definition) is 2. The molecular weight excluding hydrogens is 395 g/mol. The number of hydrogen-bond donors (Lipinski definition) is 2. The molecule has 3 nitrogen and oxygen atoms in total. The lowest BCUT2D eigenvalue weighted by Crippen LogP contribution is -2.35. The Morgan fingerprint density at radius 2 is 1.92 bits per heavy atom. The summed E-state index contributed by atoms with van der Waals surface area (Å²) in [7, 11) is 0. The lowest BCUT2D eigenvalue weighted by atomic mass is 10.0. The maximum absolute atomic E-state index is 13.2. The largest absolute Gasteiger partial charge is 0.353 e. The van der Waals surface area contributed by atoms with Crippen molar-refractivity contribution in [1.82, 2.24) is 5.32 Å². The second-order valence-corrected chi connectivity index (χ2v) is 6.50. The minimum atomic E-state index is -0.316. The summed E-state index contributed by atoms with van der Waals surface area (Å²) in [6.45, 7) is 1.92. The molecule has 2 aromatic carbocycles. The van der Waals surface area contributed by atoms with E-state index in [1.54, 1.807) is 12.1 Å². The minimum absolute atomic E-state index is 0. The van der Waals surface area contributed by atoms with Crippen molar-refractivity contribution in [2.75, 3.05) is 0 Å². The Labute approximate surface area is 156 Å². The Morgan fingerprint density at radius 1 is 1.25 bits per heavy atom. The Bertz CT molecular complexity index is 669. The molecule has 6 heteroatoms. The summed E-state index contributed by atoms with van der Waals surface area (Å²) in [6.07, 6.45) is 0.868. The van der Waals surface area contributed by atoms with Crippen LogP contribution in [0.25, 0.3) is 0 Å². The molecule has 2 rings (SSSR count). The van der Waals surface area contributed by atoms with E-state index in [0.717, 1.165) is 11.1 Å². The second kappa shape index (κ2) is 9.77. The van der Waals surface area contributed by atoms with Crippen LogP contribution in [-0.2, 0) is 11.2 Å². The summed E-state index contributed by atoms with van der Waals surface area (Å²) in [4.78, 5) is 12.1. The molecular formula is C18H21BrClFN2O. The standard InChI is InChI=1S/C18H20BrFN2O.ClH/c1-12(9-13-7-8-16(20)15(19)10-13)22-18(23)11-17(21)14-5-3-2-4-6-14;/h2-8,10,12,17H,9,11,21H2,1H3,(H,22,23);1H. The van der Waals surface area contributed by atoms with Gasteiger partial charge in [0, 0.05) is 18.5 Å². The quantitative estimate of drug-likeness (QED) is 0.745. The highest BCUT2D eigenvalue weighted by Gasteiger charge is 2.14. The molecule has 0 heterocycles. The Balaban J connectivity index is 0.00000288. The summed E-state index contributed by atoms with van der Waals surface area (Å²) in [5.41, 5.74) is 7.95. The second-order valence-electron chi connectivity index (χ2n) is 5.64. The van der Waals surface area contributed by atoms with E-state index in [2.05, 4.69) is 21.2 Å². The smallest absolute Gasteiger partial charge is 0.222 e. The van der Waals surface area contributed by atoms with Crippen LogP contribution in [-0.4, -0.2) is 11.9 Å². The van der Waals surface area contributed by atoms with E-state index in [1.165, 1.54) is 6.07 Å². The minimum Gasteiger partial charge on any atom is -0.353 e. The highest BCUT2D eigenvalue weighted by atomic mass is 79.9. The first-order valence-electron chi connectivity index (χ1n) is 7.49. The molecule has 3 N–H and O–H groups in total. The van der Waals surface area contributed by atoms with E-state index in [1.807, 2.05) is 37.3 Å². The fraction of sp³-hybridized carbons (Fsp3) is 0.278. The number of rotatable bonds is 6. The van der Waals surface area contributed by atoms with Crippen molar-refractivity contribution < 1.29 is 9.18 Å². The molecule has 0 radical (unpaired) electrons. The van der Waals surface area contributed by atoms with Gasteiger partial charge in [0.15, 0.2) is 0 Å². The Hall–Kier alpha value is -1.43. The van der Waals surface area contributed by atoms with E-state index < -0.39 is 0 Å². The molecule has 2 aromatic rings. The number of nitrogens with two attached hydrogens (primary N) is 1. The zero-order valence-corrected chi connectivity index (χ0v) is 15.7. The number of halogens is 3. The van der Waals surface area contributed by atoms with Gasteiger partial charge in [-0.25, -0.2) is 4.39 Å². The maximum atomic E-state index is 13.2. The predicted molar refractivity (Wildman–Crippen MR) is 101 cm³/mol. The van der Waals surface area contributed by atoms with E-state index in [0.29, 0.717) is 10.9 Å². The van der Waals surface area contributed by atoms with Gasteiger partial charge < -0.3 is 11.1 Å². The fourth-order valence-electron chi connectivity index (χ4n) is 2.42. The van der Waals surface area contributed by atoms with Gasteiger partial charge in [-0.3, -0.25) is 4.79 Å². The zero-order valence-electron chi connectivity index (χ0n) is 13.3. The molecule has 2 atom stereocenters. The molecule has 0 bridgehead atoms. The molecule has 2 unspecified atom stereocenters. The van der Waals surface area contributed by atoms with Crippen molar-refractivity contribution in [2.24, 2.45) is 5.73 Å². The summed E-state index contributed by atoms with van der Waals surface area (Å²) in [6, 6.07) is 14.1. The zero-order chi connectivity index (χ0) is 16.8. The SMILES string of the molecule is CC(Cc1ccc(F)c(Br)c1)NC(=O)CC(N)c1ccccc1.Cl. The van der Waals surface area contributed by atoms with Gasteiger partial charge >= 0.3 is 0 Å². The highest BCUT2D eigenvalue weighted by molar-refractivity contribution is 9.10. The number of amides is 1. The van der Waals surface area contributed by atoms with Gasteiger partial charge in [0.2, 0.25) is 5.91 Å². The molecule has 0 aliphatic rings. The van der Waals surface area contributed by atoms with Gasteiger partial charge in [0.1, 0.15) is 5.82 Å². The Kier molecular flexibility index (Phi) is 8.39. The number of carbonyl (C=O) groups excluding carboxylic acids is 1. The third-order valence-electron chi connectivity index (χ3n) is 3.57. The molecule has 0 aromatic heterocycles. The highest BCUT2D eigenvalue weighted by Crippen LogP contribution is 2.18. The average molecular weight is 416 g/mol. The van der Waals surface area contributed by atoms with Gasteiger partial charge in [-0.1, -0.05) is 36.4 Å². The van der Waals surface area contributed by atoms with Crippen molar-refractivity contribution in [3.63, 3.8) is 0 Å². The monoisotopic (exact) mass is 414 g/mol. The van der Waals surface area contributed by atoms with Crippen LogP contribution in [0.4, 0.5) is 4.39 Å². The predicted octanol–water partition coefficient (Wildman–Crippen LogP) is 4.15. The first-order chi connectivity index (χ1) is 11.0. The maximum Gasteiger partial charge on any atom is 0.222 e. The van der Waals surface area contributed by atoms with Crippen LogP contribution in [0.15, 0.2) is 53.0 Å². The van der Waals surface area contributed by atoms with Gasteiger partial charge in [-0.2, -0.15) is 0 Å². The van der Waals surface area contributed by atoms with Crippen LogP contribution in [0.5, 0.6) is 0 Å². The summed E-state index contributed by atoms with van der Waals surface area (Å²) >= 11 is 3.17. The average Bonchev–Trinajstić information content (AvgIpc) is 2.51. The van der Waals surface area contributed by atoms with Gasteiger partial charge in [-0.05, 0) is 52.5 Å². The third-order valence-corrected chi connectivity index (χ3v) is 4.17.